The highest BCUT2D eigenvalue weighted by molar-refractivity contribution is 7.90. The SMILES string of the molecule is CN1CC(CN)CC1c1cccc(S(C)(=O)=O)c1F. The molecular weight excluding hydrogens is 267 g/mol. The van der Waals surface area contributed by atoms with Crippen molar-refractivity contribution in [3.8, 4) is 0 Å². The van der Waals surface area contributed by atoms with Gasteiger partial charge in [-0.3, -0.25) is 4.90 Å². The monoisotopic (exact) mass is 286 g/mol. The molecule has 106 valence electrons. The van der Waals surface area contributed by atoms with E-state index in [1.807, 2.05) is 11.9 Å². The summed E-state index contributed by atoms with van der Waals surface area (Å²) in [4.78, 5) is 1.80. The van der Waals surface area contributed by atoms with Crippen molar-refractivity contribution < 1.29 is 12.8 Å². The van der Waals surface area contributed by atoms with E-state index in [2.05, 4.69) is 0 Å². The lowest BCUT2D eigenvalue weighted by Crippen LogP contribution is -2.21. The normalized spacial score (nSPS) is 24.8. The molecule has 6 heteroatoms. The zero-order chi connectivity index (χ0) is 14.2. The van der Waals surface area contributed by atoms with Crippen LogP contribution >= 0.6 is 0 Å². The first-order chi connectivity index (χ1) is 8.84. The van der Waals surface area contributed by atoms with Gasteiger partial charge in [0, 0.05) is 24.4 Å². The van der Waals surface area contributed by atoms with Gasteiger partial charge in [-0.05, 0) is 32.0 Å². The smallest absolute Gasteiger partial charge is 0.178 e. The van der Waals surface area contributed by atoms with E-state index in [9.17, 15) is 12.8 Å². The Morgan fingerprint density at radius 2 is 2.16 bits per heavy atom. The van der Waals surface area contributed by atoms with E-state index in [-0.39, 0.29) is 10.9 Å². The third-order valence-corrected chi connectivity index (χ3v) is 4.83. The first kappa shape index (κ1) is 14.4. The van der Waals surface area contributed by atoms with Crippen molar-refractivity contribution in [3.63, 3.8) is 0 Å². The summed E-state index contributed by atoms with van der Waals surface area (Å²) in [5.74, 6) is -0.296. The maximum Gasteiger partial charge on any atom is 0.178 e. The van der Waals surface area contributed by atoms with Gasteiger partial charge >= 0.3 is 0 Å². The molecule has 1 aliphatic heterocycles. The Morgan fingerprint density at radius 3 is 2.68 bits per heavy atom. The summed E-state index contributed by atoms with van der Waals surface area (Å²) in [6.45, 7) is 1.37. The summed E-state index contributed by atoms with van der Waals surface area (Å²) >= 11 is 0. The number of hydrogen-bond acceptors (Lipinski definition) is 4. The van der Waals surface area contributed by atoms with Crippen molar-refractivity contribution in [3.05, 3.63) is 29.6 Å². The van der Waals surface area contributed by atoms with Crippen molar-refractivity contribution in [2.45, 2.75) is 17.4 Å². The molecule has 1 heterocycles. The predicted octanol–water partition coefficient (Wildman–Crippen LogP) is 1.18. The van der Waals surface area contributed by atoms with E-state index in [0.717, 1.165) is 19.2 Å². The second-order valence-corrected chi connectivity index (χ2v) is 7.21. The fourth-order valence-corrected chi connectivity index (χ4v) is 3.48. The molecule has 0 aliphatic carbocycles. The van der Waals surface area contributed by atoms with Crippen LogP contribution in [0.3, 0.4) is 0 Å². The Bertz CT molecular complexity index is 574. The van der Waals surface area contributed by atoms with Crippen molar-refractivity contribution in [1.29, 1.82) is 0 Å². The fourth-order valence-electron chi connectivity index (χ4n) is 2.71. The third-order valence-electron chi connectivity index (χ3n) is 3.72. The van der Waals surface area contributed by atoms with Crippen LogP contribution < -0.4 is 5.73 Å². The first-order valence-corrected chi connectivity index (χ1v) is 8.12. The predicted molar refractivity (Wildman–Crippen MR) is 72.0 cm³/mol. The number of nitrogens with zero attached hydrogens (tertiary/aromatic N) is 1. The van der Waals surface area contributed by atoms with Crippen molar-refractivity contribution in [2.75, 3.05) is 26.4 Å². The first-order valence-electron chi connectivity index (χ1n) is 6.23. The molecule has 1 aromatic rings. The minimum absolute atomic E-state index is 0.102. The van der Waals surface area contributed by atoms with Crippen molar-refractivity contribution in [2.24, 2.45) is 11.7 Å². The number of sulfone groups is 1. The molecule has 0 amide bonds. The molecule has 1 aromatic carbocycles. The van der Waals surface area contributed by atoms with Crippen LogP contribution in [0.2, 0.25) is 0 Å². The van der Waals surface area contributed by atoms with Crippen LogP contribution in [0.1, 0.15) is 18.0 Å². The molecule has 0 spiro atoms. The lowest BCUT2D eigenvalue weighted by atomic mass is 9.99. The second-order valence-electron chi connectivity index (χ2n) is 5.22. The molecule has 4 nitrogen and oxygen atoms in total. The second kappa shape index (κ2) is 5.19. The van der Waals surface area contributed by atoms with Gasteiger partial charge in [0.25, 0.3) is 0 Å². The van der Waals surface area contributed by atoms with Gasteiger partial charge in [0.15, 0.2) is 9.84 Å². The zero-order valence-corrected chi connectivity index (χ0v) is 12.0. The number of likely N-dealkylation sites (tertiary alicyclic amines) is 1. The van der Waals surface area contributed by atoms with Crippen LogP contribution in [0.5, 0.6) is 0 Å². The molecule has 1 fully saturated rings. The van der Waals surface area contributed by atoms with Crippen LogP contribution in [-0.2, 0) is 9.84 Å². The Kier molecular flexibility index (Phi) is 3.94. The van der Waals surface area contributed by atoms with Crippen molar-refractivity contribution >= 4 is 9.84 Å². The van der Waals surface area contributed by atoms with Gasteiger partial charge in [-0.25, -0.2) is 12.8 Å². The molecule has 2 unspecified atom stereocenters. The fraction of sp³-hybridized carbons (Fsp3) is 0.538. The lowest BCUT2D eigenvalue weighted by molar-refractivity contribution is 0.305. The van der Waals surface area contributed by atoms with Gasteiger partial charge in [0.05, 0.1) is 0 Å². The molecule has 19 heavy (non-hydrogen) atoms. The Labute approximate surface area is 113 Å². The number of hydrogen-bond donors (Lipinski definition) is 1. The molecule has 1 saturated heterocycles. The molecule has 2 rings (SSSR count). The summed E-state index contributed by atoms with van der Waals surface area (Å²) in [5.41, 5.74) is 6.10. The molecule has 0 aromatic heterocycles. The molecule has 0 bridgehead atoms. The number of rotatable bonds is 3. The summed E-state index contributed by atoms with van der Waals surface area (Å²) < 4.78 is 37.5. The highest BCUT2D eigenvalue weighted by atomic mass is 32.2. The van der Waals surface area contributed by atoms with E-state index in [4.69, 9.17) is 5.73 Å². The molecular formula is C13H19FN2O2S. The lowest BCUT2D eigenvalue weighted by Gasteiger charge is -2.20. The van der Waals surface area contributed by atoms with Crippen LogP contribution in [0.4, 0.5) is 4.39 Å². The quantitative estimate of drug-likeness (QED) is 0.906. The van der Waals surface area contributed by atoms with Gasteiger partial charge in [-0.15, -0.1) is 0 Å². The van der Waals surface area contributed by atoms with E-state index >= 15 is 0 Å². The minimum Gasteiger partial charge on any atom is -0.330 e. The number of nitrogens with two attached hydrogens (primary N) is 1. The van der Waals surface area contributed by atoms with Crippen LogP contribution in [0.25, 0.3) is 0 Å². The zero-order valence-electron chi connectivity index (χ0n) is 11.1. The molecule has 1 aliphatic rings. The van der Waals surface area contributed by atoms with Gasteiger partial charge in [-0.1, -0.05) is 12.1 Å². The summed E-state index contributed by atoms with van der Waals surface area (Å²) in [6, 6.07) is 4.46. The minimum atomic E-state index is -3.54. The van der Waals surface area contributed by atoms with E-state index in [1.54, 1.807) is 12.1 Å². The third kappa shape index (κ3) is 2.80. The van der Waals surface area contributed by atoms with Crippen molar-refractivity contribution in [1.82, 2.24) is 4.90 Å². The molecule has 2 N–H and O–H groups in total. The maximum absolute atomic E-state index is 14.4. The van der Waals surface area contributed by atoms with Crippen LogP contribution in [0, 0.1) is 11.7 Å². The number of halogens is 1. The van der Waals surface area contributed by atoms with E-state index < -0.39 is 15.7 Å². The number of benzene rings is 1. The summed E-state index contributed by atoms with van der Waals surface area (Å²) in [6.07, 6.45) is 1.79. The molecule has 0 saturated carbocycles. The Balaban J connectivity index is 2.42. The van der Waals surface area contributed by atoms with Crippen LogP contribution in [0.15, 0.2) is 23.1 Å². The van der Waals surface area contributed by atoms with Gasteiger partial charge in [0.2, 0.25) is 0 Å². The average molecular weight is 286 g/mol. The summed E-state index contributed by atoms with van der Waals surface area (Å²) in [7, 11) is -1.63. The maximum atomic E-state index is 14.4. The standard InChI is InChI=1S/C13H19FN2O2S/c1-16-8-9(7-15)6-11(16)10-4-3-5-12(13(10)14)19(2,17)18/h3-5,9,11H,6-8,15H2,1-2H3. The van der Waals surface area contributed by atoms with Gasteiger partial charge in [0.1, 0.15) is 10.7 Å². The van der Waals surface area contributed by atoms with Crippen LogP contribution in [-0.4, -0.2) is 39.7 Å². The largest absolute Gasteiger partial charge is 0.330 e. The van der Waals surface area contributed by atoms with Gasteiger partial charge < -0.3 is 5.73 Å². The highest BCUT2D eigenvalue weighted by Crippen LogP contribution is 2.36. The molecule has 2 atom stereocenters. The van der Waals surface area contributed by atoms with E-state index in [1.165, 1.54) is 6.07 Å². The van der Waals surface area contributed by atoms with Gasteiger partial charge in [-0.2, -0.15) is 0 Å². The molecule has 0 radical (unpaired) electrons. The topological polar surface area (TPSA) is 63.4 Å². The average Bonchev–Trinajstić information content (AvgIpc) is 2.69. The summed E-state index contributed by atoms with van der Waals surface area (Å²) in [5, 5.41) is 0. The van der Waals surface area contributed by atoms with E-state index in [0.29, 0.717) is 18.0 Å². The highest BCUT2D eigenvalue weighted by Gasteiger charge is 2.32. The Morgan fingerprint density at radius 1 is 1.47 bits per heavy atom. The Hall–Kier alpha value is -0.980.